The van der Waals surface area contributed by atoms with Gasteiger partial charge < -0.3 is 0 Å². The maximum atomic E-state index is 12.4. The van der Waals surface area contributed by atoms with Crippen LogP contribution in [0.3, 0.4) is 0 Å². The molecule has 0 amide bonds. The Morgan fingerprint density at radius 2 is 0.821 bits per heavy atom. The van der Waals surface area contributed by atoms with Gasteiger partial charge >= 0.3 is 0 Å². The van der Waals surface area contributed by atoms with Crippen molar-refractivity contribution in [3.05, 3.63) is 84.0 Å². The minimum Gasteiger partial charge on any atom is -0.199 e. The van der Waals surface area contributed by atoms with E-state index in [1.807, 2.05) is 13.8 Å². The highest BCUT2D eigenvalue weighted by Crippen LogP contribution is 2.16. The summed E-state index contributed by atoms with van der Waals surface area (Å²) in [4.78, 5) is 0.183. The van der Waals surface area contributed by atoms with Crippen LogP contribution < -0.4 is 0 Å². The molecule has 0 spiro atoms. The first kappa shape index (κ1) is 19.9. The van der Waals surface area contributed by atoms with Crippen LogP contribution in [-0.4, -0.2) is 28.3 Å². The fourth-order valence-electron chi connectivity index (χ4n) is 2.38. The number of nitrogens with zero attached hydrogens (tertiary/aromatic N) is 2. The second-order valence-electron chi connectivity index (χ2n) is 6.28. The molecule has 144 valence electrons. The van der Waals surface area contributed by atoms with Gasteiger partial charge in [-0.2, -0.15) is 25.6 Å². The second kappa shape index (κ2) is 7.65. The third-order valence-electron chi connectivity index (χ3n) is 3.94. The van der Waals surface area contributed by atoms with E-state index in [1.54, 1.807) is 24.3 Å². The van der Waals surface area contributed by atoms with Gasteiger partial charge in [-0.25, -0.2) is 0 Å². The Balaban J connectivity index is 1.83. The first-order valence-corrected chi connectivity index (χ1v) is 11.2. The predicted octanol–water partition coefficient (Wildman–Crippen LogP) is 3.39. The SMILES string of the molecule is Cc1ccc(S(=O)(=O)N=C2C=CC(=NS(=O)(=O)c3ccc(C)cc3)C=C2)cc1. The average molecular weight is 415 g/mol. The minimum absolute atomic E-state index is 0.0915. The van der Waals surface area contributed by atoms with Crippen molar-refractivity contribution in [2.75, 3.05) is 0 Å². The van der Waals surface area contributed by atoms with Crippen LogP contribution in [0.4, 0.5) is 0 Å². The maximum absolute atomic E-state index is 12.4. The fourth-order valence-corrected chi connectivity index (χ4v) is 4.35. The molecule has 0 bridgehead atoms. The lowest BCUT2D eigenvalue weighted by atomic mass is 10.1. The zero-order valence-electron chi connectivity index (χ0n) is 15.3. The summed E-state index contributed by atoms with van der Waals surface area (Å²) in [5, 5.41) is 0. The molecule has 0 heterocycles. The lowest BCUT2D eigenvalue weighted by molar-refractivity contribution is 0.596. The molecule has 2 aromatic carbocycles. The van der Waals surface area contributed by atoms with E-state index in [4.69, 9.17) is 0 Å². The summed E-state index contributed by atoms with van der Waals surface area (Å²) in [6.07, 6.45) is 5.65. The summed E-state index contributed by atoms with van der Waals surface area (Å²) in [7, 11) is -7.70. The summed E-state index contributed by atoms with van der Waals surface area (Å²) < 4.78 is 57.0. The minimum atomic E-state index is -3.85. The Morgan fingerprint density at radius 1 is 0.536 bits per heavy atom. The van der Waals surface area contributed by atoms with E-state index >= 15 is 0 Å². The number of benzene rings is 2. The van der Waals surface area contributed by atoms with Crippen molar-refractivity contribution in [2.24, 2.45) is 8.80 Å². The van der Waals surface area contributed by atoms with Crippen molar-refractivity contribution in [1.82, 2.24) is 0 Å². The smallest absolute Gasteiger partial charge is 0.199 e. The predicted molar refractivity (Wildman–Crippen MR) is 110 cm³/mol. The summed E-state index contributed by atoms with van der Waals surface area (Å²) >= 11 is 0. The molecule has 1 aliphatic carbocycles. The zero-order chi connectivity index (χ0) is 20.4. The van der Waals surface area contributed by atoms with E-state index in [2.05, 4.69) is 8.80 Å². The highest BCUT2D eigenvalue weighted by Gasteiger charge is 2.15. The standard InChI is InChI=1S/C20H18N2O4S2/c1-15-3-11-19(12-4-15)27(23,24)21-17-7-9-18(10-8-17)22-28(25,26)20-13-5-16(2)6-14-20/h3-14H,1-2H3. The molecular weight excluding hydrogens is 396 g/mol. The van der Waals surface area contributed by atoms with Crippen molar-refractivity contribution in [1.29, 1.82) is 0 Å². The van der Waals surface area contributed by atoms with E-state index in [0.29, 0.717) is 0 Å². The van der Waals surface area contributed by atoms with Crippen LogP contribution in [0.1, 0.15) is 11.1 Å². The monoisotopic (exact) mass is 414 g/mol. The van der Waals surface area contributed by atoms with Gasteiger partial charge in [-0.1, -0.05) is 35.4 Å². The number of allylic oxidation sites excluding steroid dienone is 4. The van der Waals surface area contributed by atoms with E-state index in [0.717, 1.165) is 11.1 Å². The molecule has 8 heteroatoms. The van der Waals surface area contributed by atoms with Crippen LogP contribution >= 0.6 is 0 Å². The van der Waals surface area contributed by atoms with E-state index < -0.39 is 20.0 Å². The Morgan fingerprint density at radius 3 is 1.11 bits per heavy atom. The molecule has 0 fully saturated rings. The Hall–Kier alpha value is -2.84. The molecule has 6 nitrogen and oxygen atoms in total. The van der Waals surface area contributed by atoms with Crippen LogP contribution in [0.15, 0.2) is 91.4 Å². The van der Waals surface area contributed by atoms with E-state index in [1.165, 1.54) is 48.6 Å². The second-order valence-corrected chi connectivity index (χ2v) is 9.48. The normalized spacial score (nSPS) is 14.2. The van der Waals surface area contributed by atoms with Gasteiger partial charge in [0.1, 0.15) is 0 Å². The van der Waals surface area contributed by atoms with Gasteiger partial charge in [0.2, 0.25) is 0 Å². The molecular formula is C20H18N2O4S2. The first-order valence-electron chi connectivity index (χ1n) is 8.35. The molecule has 0 radical (unpaired) electrons. The number of aryl methyl sites for hydroxylation is 2. The summed E-state index contributed by atoms with van der Waals surface area (Å²) in [5.41, 5.74) is 2.26. The topological polar surface area (TPSA) is 93.0 Å². The van der Waals surface area contributed by atoms with Crippen molar-refractivity contribution in [3.8, 4) is 0 Å². The number of sulfonamides is 2. The average Bonchev–Trinajstić information content (AvgIpc) is 2.64. The van der Waals surface area contributed by atoms with Crippen LogP contribution in [0.2, 0.25) is 0 Å². The van der Waals surface area contributed by atoms with E-state index in [-0.39, 0.29) is 21.2 Å². The van der Waals surface area contributed by atoms with Crippen LogP contribution in [0.25, 0.3) is 0 Å². The van der Waals surface area contributed by atoms with Crippen LogP contribution in [0.5, 0.6) is 0 Å². The molecule has 3 rings (SSSR count). The Labute approximate surface area is 164 Å². The molecule has 1 aliphatic rings. The summed E-state index contributed by atoms with van der Waals surface area (Å²) in [5.74, 6) is 0. The van der Waals surface area contributed by atoms with Crippen molar-refractivity contribution < 1.29 is 16.8 Å². The van der Waals surface area contributed by atoms with Crippen molar-refractivity contribution in [3.63, 3.8) is 0 Å². The summed E-state index contributed by atoms with van der Waals surface area (Å²) in [6.45, 7) is 3.72. The molecule has 0 saturated carbocycles. The number of rotatable bonds is 4. The fraction of sp³-hybridized carbons (Fsp3) is 0.100. The molecule has 0 N–H and O–H groups in total. The van der Waals surface area contributed by atoms with E-state index in [9.17, 15) is 16.8 Å². The highest BCUT2D eigenvalue weighted by atomic mass is 32.2. The summed E-state index contributed by atoms with van der Waals surface area (Å²) in [6, 6.07) is 12.7. The lowest BCUT2D eigenvalue weighted by Gasteiger charge is -2.05. The van der Waals surface area contributed by atoms with Gasteiger partial charge in [-0.15, -0.1) is 0 Å². The van der Waals surface area contributed by atoms with Gasteiger partial charge in [0.05, 0.1) is 21.2 Å². The van der Waals surface area contributed by atoms with Gasteiger partial charge in [0, 0.05) is 0 Å². The molecule has 28 heavy (non-hydrogen) atoms. The third kappa shape index (κ3) is 4.71. The largest absolute Gasteiger partial charge is 0.282 e. The van der Waals surface area contributed by atoms with Gasteiger partial charge in [-0.05, 0) is 62.4 Å². The van der Waals surface area contributed by atoms with Crippen molar-refractivity contribution in [2.45, 2.75) is 23.6 Å². The van der Waals surface area contributed by atoms with Gasteiger partial charge in [0.15, 0.2) is 0 Å². The highest BCUT2D eigenvalue weighted by molar-refractivity contribution is 7.90. The first-order chi connectivity index (χ1) is 13.2. The molecule has 0 saturated heterocycles. The molecule has 2 aromatic rings. The lowest BCUT2D eigenvalue weighted by Crippen LogP contribution is -2.07. The zero-order valence-corrected chi connectivity index (χ0v) is 16.9. The molecule has 0 atom stereocenters. The Kier molecular flexibility index (Phi) is 5.44. The quantitative estimate of drug-likeness (QED) is 0.717. The Bertz CT molecular complexity index is 1100. The number of hydrogen-bond donors (Lipinski definition) is 0. The van der Waals surface area contributed by atoms with Crippen molar-refractivity contribution >= 4 is 31.5 Å². The molecule has 0 unspecified atom stereocenters. The third-order valence-corrected chi connectivity index (χ3v) is 6.58. The molecule has 0 aliphatic heterocycles. The van der Waals surface area contributed by atoms with Gasteiger partial charge in [0.25, 0.3) is 20.0 Å². The molecule has 0 aromatic heterocycles. The van der Waals surface area contributed by atoms with Gasteiger partial charge in [-0.3, -0.25) is 0 Å². The maximum Gasteiger partial charge on any atom is 0.282 e. The van der Waals surface area contributed by atoms with Crippen LogP contribution in [0, 0.1) is 13.8 Å². The van der Waals surface area contributed by atoms with Crippen LogP contribution in [-0.2, 0) is 20.0 Å². The number of hydrogen-bond acceptors (Lipinski definition) is 4.